The molecule has 1 N–H and O–H groups in total. The summed E-state index contributed by atoms with van der Waals surface area (Å²) in [6.07, 6.45) is 8.51. The van der Waals surface area contributed by atoms with Gasteiger partial charge in [-0.3, -0.25) is 9.59 Å². The number of benzene rings is 1. The smallest absolute Gasteiger partial charge is 0.249 e. The molecule has 3 aromatic rings. The van der Waals surface area contributed by atoms with E-state index in [9.17, 15) is 9.59 Å². The zero-order chi connectivity index (χ0) is 23.9. The quantitative estimate of drug-likeness (QED) is 0.461. The average Bonchev–Trinajstić information content (AvgIpc) is 3.49. The van der Waals surface area contributed by atoms with Crippen LogP contribution in [-0.2, 0) is 29.5 Å². The van der Waals surface area contributed by atoms with E-state index in [1.54, 1.807) is 16.2 Å². The highest BCUT2D eigenvalue weighted by molar-refractivity contribution is 7.10. The first kappa shape index (κ1) is 24.3. The van der Waals surface area contributed by atoms with Gasteiger partial charge < -0.3 is 14.8 Å². The average molecular weight is 478 g/mol. The summed E-state index contributed by atoms with van der Waals surface area (Å²) >= 11 is 1.58. The van der Waals surface area contributed by atoms with Crippen molar-refractivity contribution in [3.05, 3.63) is 81.8 Å². The zero-order valence-electron chi connectivity index (χ0n) is 20.2. The van der Waals surface area contributed by atoms with Gasteiger partial charge in [0.2, 0.25) is 11.8 Å². The molecule has 1 aliphatic rings. The zero-order valence-corrected chi connectivity index (χ0v) is 21.0. The largest absolute Gasteiger partial charge is 0.352 e. The first-order chi connectivity index (χ1) is 16.5. The van der Waals surface area contributed by atoms with Gasteiger partial charge in [-0.2, -0.15) is 0 Å². The van der Waals surface area contributed by atoms with E-state index in [1.165, 1.54) is 17.5 Å². The topological polar surface area (TPSA) is 54.3 Å². The summed E-state index contributed by atoms with van der Waals surface area (Å²) in [5.74, 6) is -0.0856. The van der Waals surface area contributed by atoms with Crippen LogP contribution < -0.4 is 5.32 Å². The predicted molar refractivity (Wildman–Crippen MR) is 138 cm³/mol. The number of thiophene rings is 1. The minimum atomic E-state index is -0.654. The van der Waals surface area contributed by atoms with Crippen molar-refractivity contribution in [1.29, 1.82) is 0 Å². The van der Waals surface area contributed by atoms with Crippen molar-refractivity contribution in [1.82, 2.24) is 14.8 Å². The standard InChI is InChI=1S/C28H35N3O2S/c1-21-9-6-10-22(19-21)15-17-31(26(32)20-24-13-8-18-34-24)27(25-14-7-16-30(25)2)28(33)29-23-11-4-3-5-12-23/h6-10,13-14,16,18-19,23,27H,3-5,11-12,15,17,20H2,1-2H3,(H,29,33). The summed E-state index contributed by atoms with van der Waals surface area (Å²) in [5.41, 5.74) is 3.22. The van der Waals surface area contributed by atoms with Crippen molar-refractivity contribution in [3.8, 4) is 0 Å². The number of nitrogens with one attached hydrogen (secondary N) is 1. The van der Waals surface area contributed by atoms with Crippen LogP contribution in [0.4, 0.5) is 0 Å². The fourth-order valence-corrected chi connectivity index (χ4v) is 5.60. The number of nitrogens with zero attached hydrogens (tertiary/aromatic N) is 2. The van der Waals surface area contributed by atoms with E-state index in [0.717, 1.165) is 36.3 Å². The highest BCUT2D eigenvalue weighted by Gasteiger charge is 2.34. The Morgan fingerprint density at radius 3 is 2.62 bits per heavy atom. The summed E-state index contributed by atoms with van der Waals surface area (Å²) in [4.78, 5) is 30.3. The SMILES string of the molecule is Cc1cccc(CCN(C(=O)Cc2cccs2)C(C(=O)NC2CCCCC2)c2cccn2C)c1. The maximum atomic E-state index is 13.8. The number of aromatic nitrogens is 1. The molecule has 1 unspecified atom stereocenters. The van der Waals surface area contributed by atoms with Crippen LogP contribution in [0.2, 0.25) is 0 Å². The molecule has 2 aromatic heterocycles. The molecule has 2 heterocycles. The minimum Gasteiger partial charge on any atom is -0.352 e. The summed E-state index contributed by atoms with van der Waals surface area (Å²) < 4.78 is 1.96. The Balaban J connectivity index is 1.63. The van der Waals surface area contributed by atoms with E-state index < -0.39 is 6.04 Å². The molecule has 5 nitrogen and oxygen atoms in total. The molecule has 1 aliphatic carbocycles. The first-order valence-electron chi connectivity index (χ1n) is 12.3. The number of hydrogen-bond acceptors (Lipinski definition) is 3. The van der Waals surface area contributed by atoms with E-state index in [4.69, 9.17) is 0 Å². The van der Waals surface area contributed by atoms with Crippen molar-refractivity contribution >= 4 is 23.2 Å². The van der Waals surface area contributed by atoms with Gasteiger partial charge in [-0.1, -0.05) is 55.2 Å². The third-order valence-electron chi connectivity index (χ3n) is 6.73. The fraction of sp³-hybridized carbons (Fsp3) is 0.429. The van der Waals surface area contributed by atoms with Gasteiger partial charge in [-0.15, -0.1) is 11.3 Å². The second kappa shape index (κ2) is 11.5. The van der Waals surface area contributed by atoms with Crippen LogP contribution in [0.5, 0.6) is 0 Å². The summed E-state index contributed by atoms with van der Waals surface area (Å²) in [6, 6.07) is 15.8. The number of carbonyl (C=O) groups excluding carboxylic acids is 2. The predicted octanol–water partition coefficient (Wildman–Crippen LogP) is 5.20. The molecular formula is C28H35N3O2S. The fourth-order valence-electron chi connectivity index (χ4n) is 4.90. The van der Waals surface area contributed by atoms with Gasteiger partial charge in [0.1, 0.15) is 0 Å². The van der Waals surface area contributed by atoms with Gasteiger partial charge in [-0.25, -0.2) is 0 Å². The van der Waals surface area contributed by atoms with Crippen LogP contribution in [0.1, 0.15) is 59.8 Å². The lowest BCUT2D eigenvalue weighted by Gasteiger charge is -2.33. The molecule has 0 aliphatic heterocycles. The first-order valence-corrected chi connectivity index (χ1v) is 13.2. The summed E-state index contributed by atoms with van der Waals surface area (Å²) in [5, 5.41) is 5.28. The Kier molecular flexibility index (Phi) is 8.22. The van der Waals surface area contributed by atoms with Gasteiger partial charge in [0.05, 0.1) is 6.42 Å². The van der Waals surface area contributed by atoms with Crippen LogP contribution in [0.15, 0.2) is 60.1 Å². The monoisotopic (exact) mass is 477 g/mol. The van der Waals surface area contributed by atoms with Crippen molar-refractivity contribution in [3.63, 3.8) is 0 Å². The second-order valence-electron chi connectivity index (χ2n) is 9.37. The maximum absolute atomic E-state index is 13.8. The molecule has 34 heavy (non-hydrogen) atoms. The van der Waals surface area contributed by atoms with Crippen molar-refractivity contribution in [2.75, 3.05) is 6.54 Å². The van der Waals surface area contributed by atoms with E-state index in [0.29, 0.717) is 19.4 Å². The number of rotatable bonds is 9. The van der Waals surface area contributed by atoms with Gasteiger partial charge in [0, 0.05) is 36.4 Å². The molecule has 2 amide bonds. The van der Waals surface area contributed by atoms with Gasteiger partial charge in [-0.05, 0) is 55.3 Å². The Morgan fingerprint density at radius 1 is 1.12 bits per heavy atom. The molecular weight excluding hydrogens is 442 g/mol. The molecule has 6 heteroatoms. The van der Waals surface area contributed by atoms with Gasteiger partial charge in [0.25, 0.3) is 0 Å². The van der Waals surface area contributed by atoms with Crippen LogP contribution in [0.25, 0.3) is 0 Å². The lowest BCUT2D eigenvalue weighted by Crippen LogP contribution is -2.48. The van der Waals surface area contributed by atoms with E-state index >= 15 is 0 Å². The molecule has 0 saturated heterocycles. The van der Waals surface area contributed by atoms with Crippen LogP contribution >= 0.6 is 11.3 Å². The molecule has 180 valence electrons. The molecule has 1 aromatic carbocycles. The molecule has 1 fully saturated rings. The summed E-state index contributed by atoms with van der Waals surface area (Å²) in [7, 11) is 1.94. The van der Waals surface area contributed by atoms with E-state index in [-0.39, 0.29) is 17.9 Å². The third kappa shape index (κ3) is 6.17. The van der Waals surface area contributed by atoms with Crippen molar-refractivity contribution in [2.45, 2.75) is 64.0 Å². The number of amides is 2. The van der Waals surface area contributed by atoms with Gasteiger partial charge >= 0.3 is 0 Å². The lowest BCUT2D eigenvalue weighted by molar-refractivity contribution is -0.141. The highest BCUT2D eigenvalue weighted by atomic mass is 32.1. The number of aryl methyl sites for hydroxylation is 2. The Labute approximate surface area is 206 Å². The van der Waals surface area contributed by atoms with Crippen LogP contribution in [0, 0.1) is 6.92 Å². The maximum Gasteiger partial charge on any atom is 0.249 e. The lowest BCUT2D eigenvalue weighted by atomic mass is 9.95. The van der Waals surface area contributed by atoms with Crippen molar-refractivity contribution < 1.29 is 9.59 Å². The van der Waals surface area contributed by atoms with Gasteiger partial charge in [0.15, 0.2) is 6.04 Å². The molecule has 0 radical (unpaired) electrons. The normalized spacial score (nSPS) is 15.1. The molecule has 0 spiro atoms. The number of hydrogen-bond donors (Lipinski definition) is 1. The second-order valence-corrected chi connectivity index (χ2v) is 10.4. The highest BCUT2D eigenvalue weighted by Crippen LogP contribution is 2.26. The molecule has 0 bridgehead atoms. The third-order valence-corrected chi connectivity index (χ3v) is 7.60. The molecule has 1 saturated carbocycles. The number of carbonyl (C=O) groups is 2. The molecule has 4 rings (SSSR count). The Hall–Kier alpha value is -2.86. The Bertz CT molecular complexity index is 1080. The summed E-state index contributed by atoms with van der Waals surface area (Å²) in [6.45, 7) is 2.56. The molecule has 1 atom stereocenters. The van der Waals surface area contributed by atoms with E-state index in [1.807, 2.05) is 53.5 Å². The Morgan fingerprint density at radius 2 is 1.94 bits per heavy atom. The van der Waals surface area contributed by atoms with Crippen LogP contribution in [0.3, 0.4) is 0 Å². The van der Waals surface area contributed by atoms with Crippen LogP contribution in [-0.4, -0.2) is 33.9 Å². The minimum absolute atomic E-state index is 0.0138. The van der Waals surface area contributed by atoms with Crippen molar-refractivity contribution in [2.24, 2.45) is 7.05 Å². The van der Waals surface area contributed by atoms with E-state index in [2.05, 4.69) is 30.4 Å².